The number of nitrogens with zero attached hydrogens (tertiary/aromatic N) is 1. The molecule has 5 heteroatoms. The van der Waals surface area contributed by atoms with Gasteiger partial charge >= 0.3 is 0 Å². The van der Waals surface area contributed by atoms with Crippen LogP contribution < -0.4 is 5.73 Å². The lowest BCUT2D eigenvalue weighted by Gasteiger charge is -2.58. The van der Waals surface area contributed by atoms with Gasteiger partial charge in [-0.2, -0.15) is 0 Å². The van der Waals surface area contributed by atoms with Crippen molar-refractivity contribution >= 4 is 18.3 Å². The second kappa shape index (κ2) is 4.84. The van der Waals surface area contributed by atoms with E-state index in [1.54, 1.807) is 0 Å². The van der Waals surface area contributed by atoms with Gasteiger partial charge in [0.25, 0.3) is 0 Å². The van der Waals surface area contributed by atoms with Gasteiger partial charge in [0.1, 0.15) is 5.54 Å². The summed E-state index contributed by atoms with van der Waals surface area (Å²) in [5, 5.41) is 0. The maximum Gasteiger partial charge on any atom is 0.243 e. The van der Waals surface area contributed by atoms with Gasteiger partial charge in [0.05, 0.1) is 6.10 Å². The monoisotopic (exact) mass is 316 g/mol. The molecular weight excluding hydrogens is 288 g/mol. The highest BCUT2D eigenvalue weighted by atomic mass is 35.5. The first-order valence-electron chi connectivity index (χ1n) is 7.86. The molecule has 3 rings (SSSR count). The third kappa shape index (κ3) is 2.06. The molecule has 3 aliphatic rings. The van der Waals surface area contributed by atoms with Crippen molar-refractivity contribution in [1.82, 2.24) is 4.90 Å². The molecule has 0 radical (unpaired) electrons. The van der Waals surface area contributed by atoms with Gasteiger partial charge in [0.2, 0.25) is 5.91 Å². The van der Waals surface area contributed by atoms with E-state index in [0.717, 1.165) is 13.1 Å². The molecule has 0 aromatic carbocycles. The molecule has 0 aromatic rings. The largest absolute Gasteiger partial charge is 0.378 e. The van der Waals surface area contributed by atoms with Crippen LogP contribution >= 0.6 is 12.4 Å². The zero-order valence-corrected chi connectivity index (χ0v) is 14.6. The van der Waals surface area contributed by atoms with Crippen LogP contribution in [0.2, 0.25) is 0 Å². The van der Waals surface area contributed by atoms with Gasteiger partial charge in [-0.3, -0.25) is 4.79 Å². The summed E-state index contributed by atoms with van der Waals surface area (Å²) < 4.78 is 5.71. The van der Waals surface area contributed by atoms with Crippen molar-refractivity contribution in [2.45, 2.75) is 52.7 Å². The number of nitrogens with two attached hydrogens (primary N) is 1. The Morgan fingerprint density at radius 2 is 1.76 bits per heavy atom. The van der Waals surface area contributed by atoms with Gasteiger partial charge in [0.15, 0.2) is 0 Å². The number of fused-ring (bicyclic) bond motifs is 1. The van der Waals surface area contributed by atoms with Crippen LogP contribution in [0.5, 0.6) is 0 Å². The van der Waals surface area contributed by atoms with Crippen molar-refractivity contribution in [2.75, 3.05) is 19.7 Å². The lowest BCUT2D eigenvalue weighted by Crippen LogP contribution is -2.76. The highest BCUT2D eigenvalue weighted by Crippen LogP contribution is 2.62. The summed E-state index contributed by atoms with van der Waals surface area (Å²) in [5.74, 6) is 1.50. The van der Waals surface area contributed by atoms with Crippen molar-refractivity contribution in [3.8, 4) is 0 Å². The van der Waals surface area contributed by atoms with Crippen molar-refractivity contribution in [3.05, 3.63) is 0 Å². The standard InChI is InChI=1S/C16H28N2O2.ClH/c1-6-20-12-7-16(17,15(12,4)5)13(19)18-8-10-11(9-18)14(10,2)3;/h10-12H,6-9,17H2,1-5H3;1H. The normalized spacial score (nSPS) is 41.8. The van der Waals surface area contributed by atoms with E-state index in [4.69, 9.17) is 10.5 Å². The lowest BCUT2D eigenvalue weighted by atomic mass is 9.54. The molecule has 1 amide bonds. The summed E-state index contributed by atoms with van der Waals surface area (Å²) in [6.45, 7) is 13.2. The second-order valence-corrected chi connectivity index (χ2v) is 8.09. The van der Waals surface area contributed by atoms with E-state index in [1.807, 2.05) is 11.8 Å². The number of likely N-dealkylation sites (tertiary alicyclic amines) is 1. The Hall–Kier alpha value is -0.320. The summed E-state index contributed by atoms with van der Waals surface area (Å²) in [7, 11) is 0. The van der Waals surface area contributed by atoms with Crippen molar-refractivity contribution in [3.63, 3.8) is 0 Å². The van der Waals surface area contributed by atoms with Crippen LogP contribution in [0.15, 0.2) is 0 Å². The molecule has 2 N–H and O–H groups in total. The Labute approximate surface area is 134 Å². The average molecular weight is 317 g/mol. The topological polar surface area (TPSA) is 55.6 Å². The van der Waals surface area contributed by atoms with Crippen molar-refractivity contribution in [2.24, 2.45) is 28.4 Å². The predicted octanol–water partition coefficient (Wildman–Crippen LogP) is 2.06. The number of carbonyl (C=O) groups is 1. The zero-order chi connectivity index (χ0) is 14.9. The van der Waals surface area contributed by atoms with Gasteiger partial charge in [0, 0.05) is 31.5 Å². The van der Waals surface area contributed by atoms with E-state index in [-0.39, 0.29) is 29.8 Å². The van der Waals surface area contributed by atoms with Crippen molar-refractivity contribution in [1.29, 1.82) is 0 Å². The molecule has 2 aliphatic carbocycles. The maximum absolute atomic E-state index is 12.8. The highest BCUT2D eigenvalue weighted by Gasteiger charge is 2.68. The fourth-order valence-corrected chi connectivity index (χ4v) is 4.38. The van der Waals surface area contributed by atoms with Crippen LogP contribution in [0.4, 0.5) is 0 Å². The minimum Gasteiger partial charge on any atom is -0.378 e. The van der Waals surface area contributed by atoms with Crippen LogP contribution in [-0.4, -0.2) is 42.1 Å². The summed E-state index contributed by atoms with van der Waals surface area (Å²) in [6.07, 6.45) is 0.761. The number of hydrogen-bond donors (Lipinski definition) is 1. The molecule has 3 fully saturated rings. The number of rotatable bonds is 3. The van der Waals surface area contributed by atoms with E-state index in [9.17, 15) is 4.79 Å². The van der Waals surface area contributed by atoms with Gasteiger partial charge < -0.3 is 15.4 Å². The number of hydrogen-bond acceptors (Lipinski definition) is 3. The molecule has 0 bridgehead atoms. The van der Waals surface area contributed by atoms with Gasteiger partial charge in [-0.15, -0.1) is 12.4 Å². The highest BCUT2D eigenvalue weighted by molar-refractivity contribution is 5.89. The molecule has 0 aromatic heterocycles. The second-order valence-electron chi connectivity index (χ2n) is 8.09. The zero-order valence-electron chi connectivity index (χ0n) is 13.8. The predicted molar refractivity (Wildman–Crippen MR) is 85.3 cm³/mol. The number of ether oxygens (including phenoxy) is 1. The summed E-state index contributed by atoms with van der Waals surface area (Å²) >= 11 is 0. The fraction of sp³-hybridized carbons (Fsp3) is 0.938. The van der Waals surface area contributed by atoms with Crippen LogP contribution in [0, 0.1) is 22.7 Å². The third-order valence-corrected chi connectivity index (χ3v) is 6.62. The van der Waals surface area contributed by atoms with Crippen LogP contribution in [0.25, 0.3) is 0 Å². The molecule has 122 valence electrons. The average Bonchev–Trinajstić information content (AvgIpc) is 2.78. The van der Waals surface area contributed by atoms with E-state index in [0.29, 0.717) is 30.3 Å². The van der Waals surface area contributed by atoms with Crippen molar-refractivity contribution < 1.29 is 9.53 Å². The quantitative estimate of drug-likeness (QED) is 0.867. The lowest BCUT2D eigenvalue weighted by molar-refractivity contribution is -0.179. The van der Waals surface area contributed by atoms with E-state index >= 15 is 0 Å². The molecule has 1 aliphatic heterocycles. The Morgan fingerprint density at radius 3 is 2.19 bits per heavy atom. The number of carbonyl (C=O) groups excluding carboxylic acids is 1. The minimum absolute atomic E-state index is 0. The summed E-state index contributed by atoms with van der Waals surface area (Å²) in [6, 6.07) is 0. The molecule has 21 heavy (non-hydrogen) atoms. The van der Waals surface area contributed by atoms with Crippen LogP contribution in [0.1, 0.15) is 41.0 Å². The molecule has 2 saturated carbocycles. The van der Waals surface area contributed by atoms with E-state index < -0.39 is 5.54 Å². The SMILES string of the molecule is CCOC1CC(N)(C(=O)N2CC3C(C2)C3(C)C)C1(C)C.Cl. The number of piperidine rings is 1. The molecular formula is C16H29ClN2O2. The smallest absolute Gasteiger partial charge is 0.243 e. The number of amides is 1. The fourth-order valence-electron chi connectivity index (χ4n) is 4.38. The molecule has 1 saturated heterocycles. The molecule has 1 heterocycles. The molecule has 4 unspecified atom stereocenters. The summed E-state index contributed by atoms with van der Waals surface area (Å²) in [4.78, 5) is 14.8. The summed E-state index contributed by atoms with van der Waals surface area (Å²) in [5.41, 5.74) is 5.90. The molecule has 4 nitrogen and oxygen atoms in total. The van der Waals surface area contributed by atoms with E-state index in [1.165, 1.54) is 0 Å². The minimum atomic E-state index is -0.742. The van der Waals surface area contributed by atoms with Crippen LogP contribution in [0.3, 0.4) is 0 Å². The van der Waals surface area contributed by atoms with Gasteiger partial charge in [-0.05, 0) is 24.2 Å². The van der Waals surface area contributed by atoms with E-state index in [2.05, 4.69) is 27.7 Å². The van der Waals surface area contributed by atoms with Gasteiger partial charge in [-0.25, -0.2) is 0 Å². The number of halogens is 1. The first kappa shape index (κ1) is 17.0. The molecule has 0 spiro atoms. The Morgan fingerprint density at radius 1 is 1.24 bits per heavy atom. The Balaban J connectivity index is 0.00000161. The third-order valence-electron chi connectivity index (χ3n) is 6.62. The molecule has 4 atom stereocenters. The van der Waals surface area contributed by atoms with Crippen LogP contribution in [-0.2, 0) is 9.53 Å². The maximum atomic E-state index is 12.8. The Kier molecular flexibility index (Phi) is 3.92. The first-order chi connectivity index (χ1) is 9.16. The Bertz CT molecular complexity index is 438. The van der Waals surface area contributed by atoms with Gasteiger partial charge in [-0.1, -0.05) is 27.7 Å². The first-order valence-corrected chi connectivity index (χ1v) is 7.86.